The third-order valence-corrected chi connectivity index (χ3v) is 6.53. The molecule has 0 aliphatic rings. The summed E-state index contributed by atoms with van der Waals surface area (Å²) in [5.74, 6) is 0.960. The molecule has 0 bridgehead atoms. The van der Waals surface area contributed by atoms with Crippen molar-refractivity contribution in [2.45, 2.75) is 84.5 Å². The van der Waals surface area contributed by atoms with Gasteiger partial charge in [0.1, 0.15) is 11.5 Å². The largest absolute Gasteiger partial charge is 0.494 e. The van der Waals surface area contributed by atoms with Crippen molar-refractivity contribution in [3.05, 3.63) is 83.9 Å². The van der Waals surface area contributed by atoms with Crippen molar-refractivity contribution in [2.24, 2.45) is 0 Å². The highest BCUT2D eigenvalue weighted by Crippen LogP contribution is 2.24. The Morgan fingerprint density at radius 2 is 1.11 bits per heavy atom. The first-order chi connectivity index (χ1) is 17.7. The smallest absolute Gasteiger partial charge is 0.343 e. The summed E-state index contributed by atoms with van der Waals surface area (Å²) in [6.07, 6.45) is 13.8. The molecule has 0 aromatic heterocycles. The van der Waals surface area contributed by atoms with Gasteiger partial charge in [-0.05, 0) is 72.4 Å². The average Bonchev–Trinajstić information content (AvgIpc) is 2.92. The molecule has 3 aromatic rings. The van der Waals surface area contributed by atoms with Gasteiger partial charge >= 0.3 is 5.97 Å². The van der Waals surface area contributed by atoms with Gasteiger partial charge < -0.3 is 9.47 Å². The summed E-state index contributed by atoms with van der Waals surface area (Å²) in [6.45, 7) is 5.16. The summed E-state index contributed by atoms with van der Waals surface area (Å²) < 4.78 is 11.3. The van der Waals surface area contributed by atoms with Gasteiger partial charge in [-0.15, -0.1) is 0 Å². The Morgan fingerprint density at radius 3 is 1.75 bits per heavy atom. The van der Waals surface area contributed by atoms with E-state index < -0.39 is 0 Å². The van der Waals surface area contributed by atoms with Crippen LogP contribution in [0.2, 0.25) is 0 Å². The van der Waals surface area contributed by atoms with E-state index in [0.29, 0.717) is 17.9 Å². The summed E-state index contributed by atoms with van der Waals surface area (Å²) in [4.78, 5) is 12.5. The number of aryl methyl sites for hydroxylation is 1. The van der Waals surface area contributed by atoms with Gasteiger partial charge in [-0.3, -0.25) is 0 Å². The van der Waals surface area contributed by atoms with Crippen molar-refractivity contribution in [3.63, 3.8) is 0 Å². The monoisotopic (exact) mass is 486 g/mol. The van der Waals surface area contributed by atoms with Crippen LogP contribution in [-0.2, 0) is 6.42 Å². The molecule has 0 heterocycles. The van der Waals surface area contributed by atoms with Crippen LogP contribution in [-0.4, -0.2) is 12.6 Å². The van der Waals surface area contributed by atoms with E-state index in [4.69, 9.17) is 9.47 Å². The molecule has 0 spiro atoms. The van der Waals surface area contributed by atoms with Crippen LogP contribution in [0.3, 0.4) is 0 Å². The van der Waals surface area contributed by atoms with Crippen LogP contribution in [0, 0.1) is 0 Å². The maximum atomic E-state index is 12.5. The Hall–Kier alpha value is -3.07. The number of esters is 1. The quantitative estimate of drug-likeness (QED) is 0.115. The number of benzene rings is 3. The Bertz CT molecular complexity index is 1000. The average molecular weight is 487 g/mol. The molecule has 0 saturated heterocycles. The molecule has 0 aliphatic heterocycles. The van der Waals surface area contributed by atoms with Crippen molar-refractivity contribution in [3.8, 4) is 22.6 Å². The maximum absolute atomic E-state index is 12.5. The van der Waals surface area contributed by atoms with E-state index >= 15 is 0 Å². The van der Waals surface area contributed by atoms with Gasteiger partial charge in [0.05, 0.1) is 12.2 Å². The van der Waals surface area contributed by atoms with E-state index in [-0.39, 0.29) is 5.97 Å². The normalized spacial score (nSPS) is 10.8. The molecule has 36 heavy (non-hydrogen) atoms. The van der Waals surface area contributed by atoms with Crippen LogP contribution < -0.4 is 9.47 Å². The molecule has 0 unspecified atom stereocenters. The van der Waals surface area contributed by atoms with Gasteiger partial charge in [0.2, 0.25) is 0 Å². The van der Waals surface area contributed by atoms with E-state index in [9.17, 15) is 4.79 Å². The lowest BCUT2D eigenvalue weighted by Crippen LogP contribution is -2.08. The second-order valence-corrected chi connectivity index (χ2v) is 9.56. The van der Waals surface area contributed by atoms with Crippen molar-refractivity contribution < 1.29 is 14.3 Å². The molecule has 3 rings (SSSR count). The highest BCUT2D eigenvalue weighted by molar-refractivity contribution is 5.91. The van der Waals surface area contributed by atoms with Gasteiger partial charge in [-0.25, -0.2) is 4.79 Å². The van der Waals surface area contributed by atoms with E-state index in [2.05, 4.69) is 38.1 Å². The Balaban J connectivity index is 1.45. The SMILES string of the molecule is CCCCCCCCc1ccc(-c2ccc(OC(=O)c3ccc(OCCCCCC)cc3)cc2)cc1. The molecule has 3 aromatic carbocycles. The zero-order valence-electron chi connectivity index (χ0n) is 22.1. The van der Waals surface area contributed by atoms with Crippen LogP contribution in [0.1, 0.15) is 94.0 Å². The molecule has 3 nitrogen and oxygen atoms in total. The number of unbranched alkanes of at least 4 members (excludes halogenated alkanes) is 8. The lowest BCUT2D eigenvalue weighted by Gasteiger charge is -2.09. The first-order valence-electron chi connectivity index (χ1n) is 13.8. The zero-order chi connectivity index (χ0) is 25.4. The highest BCUT2D eigenvalue weighted by Gasteiger charge is 2.09. The van der Waals surface area contributed by atoms with E-state index in [1.165, 1.54) is 68.9 Å². The first kappa shape index (κ1) is 27.5. The Kier molecular flexibility index (Phi) is 12.1. The van der Waals surface area contributed by atoms with Gasteiger partial charge in [0, 0.05) is 0 Å². The predicted molar refractivity (Wildman–Crippen MR) is 150 cm³/mol. The highest BCUT2D eigenvalue weighted by atomic mass is 16.5. The standard InChI is InChI=1S/C33H42O3/c1-3-5-7-9-10-11-13-27-14-16-28(17-15-27)29-18-24-32(25-19-29)36-33(34)30-20-22-31(23-21-30)35-26-12-8-6-4-2/h14-25H,3-13,26H2,1-2H3. The van der Waals surface area contributed by atoms with E-state index in [1.54, 1.807) is 12.1 Å². The number of ether oxygens (including phenoxy) is 2. The molecule has 0 N–H and O–H groups in total. The van der Waals surface area contributed by atoms with Crippen LogP contribution in [0.25, 0.3) is 11.1 Å². The number of hydrogen-bond donors (Lipinski definition) is 0. The van der Waals surface area contributed by atoms with E-state index in [0.717, 1.165) is 24.2 Å². The van der Waals surface area contributed by atoms with Gasteiger partial charge in [0.15, 0.2) is 0 Å². The third kappa shape index (κ3) is 9.53. The molecular weight excluding hydrogens is 444 g/mol. The minimum atomic E-state index is -0.365. The topological polar surface area (TPSA) is 35.5 Å². The lowest BCUT2D eigenvalue weighted by molar-refractivity contribution is 0.0734. The number of hydrogen-bond acceptors (Lipinski definition) is 3. The Morgan fingerprint density at radius 1 is 0.583 bits per heavy atom. The second kappa shape index (κ2) is 15.8. The first-order valence-corrected chi connectivity index (χ1v) is 13.8. The lowest BCUT2D eigenvalue weighted by atomic mass is 10.0. The molecule has 0 fully saturated rings. The van der Waals surface area contributed by atoms with Crippen molar-refractivity contribution in [1.82, 2.24) is 0 Å². The fraction of sp³-hybridized carbons (Fsp3) is 0.424. The maximum Gasteiger partial charge on any atom is 0.343 e. The molecule has 0 saturated carbocycles. The summed E-state index contributed by atoms with van der Waals surface area (Å²) in [5.41, 5.74) is 4.19. The van der Waals surface area contributed by atoms with Gasteiger partial charge in [-0.2, -0.15) is 0 Å². The molecule has 0 atom stereocenters. The van der Waals surface area contributed by atoms with Gasteiger partial charge in [-0.1, -0.05) is 102 Å². The molecule has 0 amide bonds. The van der Waals surface area contributed by atoms with Crippen LogP contribution in [0.15, 0.2) is 72.8 Å². The number of rotatable bonds is 16. The molecular formula is C33H42O3. The molecule has 0 aliphatic carbocycles. The van der Waals surface area contributed by atoms with Crippen molar-refractivity contribution in [1.29, 1.82) is 0 Å². The van der Waals surface area contributed by atoms with E-state index in [1.807, 2.05) is 36.4 Å². The third-order valence-electron chi connectivity index (χ3n) is 6.53. The van der Waals surface area contributed by atoms with Gasteiger partial charge in [0.25, 0.3) is 0 Å². The zero-order valence-corrected chi connectivity index (χ0v) is 22.1. The van der Waals surface area contributed by atoms with Crippen LogP contribution >= 0.6 is 0 Å². The fourth-order valence-corrected chi connectivity index (χ4v) is 4.26. The minimum Gasteiger partial charge on any atom is -0.494 e. The van der Waals surface area contributed by atoms with Crippen LogP contribution in [0.4, 0.5) is 0 Å². The number of carbonyl (C=O) groups is 1. The second-order valence-electron chi connectivity index (χ2n) is 9.56. The molecule has 3 heteroatoms. The number of carbonyl (C=O) groups excluding carboxylic acids is 1. The molecule has 192 valence electrons. The van der Waals surface area contributed by atoms with Crippen molar-refractivity contribution >= 4 is 5.97 Å². The van der Waals surface area contributed by atoms with Crippen LogP contribution in [0.5, 0.6) is 11.5 Å². The summed E-state index contributed by atoms with van der Waals surface area (Å²) in [5, 5.41) is 0. The summed E-state index contributed by atoms with van der Waals surface area (Å²) >= 11 is 0. The molecule has 0 radical (unpaired) electrons. The summed E-state index contributed by atoms with van der Waals surface area (Å²) in [7, 11) is 0. The Labute approximate surface area is 217 Å². The van der Waals surface area contributed by atoms with Crippen molar-refractivity contribution in [2.75, 3.05) is 6.61 Å². The predicted octanol–water partition coefficient (Wildman–Crippen LogP) is 9.43. The summed E-state index contributed by atoms with van der Waals surface area (Å²) in [6, 6.07) is 23.7. The fourth-order valence-electron chi connectivity index (χ4n) is 4.26. The minimum absolute atomic E-state index is 0.365.